The van der Waals surface area contributed by atoms with Crippen LogP contribution in [0, 0.1) is 11.3 Å². The summed E-state index contributed by atoms with van der Waals surface area (Å²) in [6.07, 6.45) is 4.09. The first-order chi connectivity index (χ1) is 23.7. The number of hydrogen-bond donors (Lipinski definition) is 2. The number of anilines is 1. The second-order valence-electron chi connectivity index (χ2n) is 11.8. The first kappa shape index (κ1) is 48.4. The van der Waals surface area contributed by atoms with Crippen LogP contribution in [0.4, 0.5) is 15.3 Å². The zero-order valence-corrected chi connectivity index (χ0v) is 33.7. The van der Waals surface area contributed by atoms with Gasteiger partial charge in [0, 0.05) is 37.0 Å². The van der Waals surface area contributed by atoms with Crippen molar-refractivity contribution in [2.24, 2.45) is 0 Å². The standard InChI is InChI=1S/C33H51ClN4O11S.Na/c1-33(2,3)49-30(39)28(26-35)25-27-9-11-29(12-10-27)38(16-20-47-31(40)36-14-8-24-50(42,43)44)17-21-48-32(41)37-15-19-46-23-22-45-18-7-5-4-6-13-34;/h9-12,25H,4-8,13-24H2,1-3H3,(H,36,40)(H,37,41)(H,42,43,44);/q;+1/p-1/b28-25+;. The summed E-state index contributed by atoms with van der Waals surface area (Å²) in [5, 5.41) is 14.4. The van der Waals surface area contributed by atoms with Gasteiger partial charge in [-0.15, -0.1) is 11.6 Å². The van der Waals surface area contributed by atoms with Crippen LogP contribution in [-0.4, -0.2) is 114 Å². The number of rotatable bonds is 25. The molecule has 0 radical (unpaired) electrons. The molecule has 0 unspecified atom stereocenters. The largest absolute Gasteiger partial charge is 1.00 e. The van der Waals surface area contributed by atoms with Gasteiger partial charge in [0.15, 0.2) is 0 Å². The third-order valence-corrected chi connectivity index (χ3v) is 7.45. The molecule has 18 heteroatoms. The fraction of sp³-hybridized carbons (Fsp3) is 0.636. The number of hydrogen-bond acceptors (Lipinski definition) is 13. The van der Waals surface area contributed by atoms with Gasteiger partial charge in [-0.05, 0) is 63.8 Å². The van der Waals surface area contributed by atoms with E-state index < -0.39 is 39.6 Å². The molecule has 0 aliphatic heterocycles. The maximum absolute atomic E-state index is 12.4. The molecule has 0 saturated heterocycles. The van der Waals surface area contributed by atoms with E-state index in [1.54, 1.807) is 49.9 Å². The molecule has 0 bridgehead atoms. The van der Waals surface area contributed by atoms with Crippen molar-refractivity contribution in [2.75, 3.05) is 82.4 Å². The number of carbonyl (C=O) groups is 3. The number of carbonyl (C=O) groups excluding carboxylic acids is 3. The maximum Gasteiger partial charge on any atom is 1.00 e. The zero-order chi connectivity index (χ0) is 37.3. The first-order valence-corrected chi connectivity index (χ1v) is 18.5. The van der Waals surface area contributed by atoms with Gasteiger partial charge in [0.2, 0.25) is 0 Å². The number of nitriles is 1. The van der Waals surface area contributed by atoms with Crippen molar-refractivity contribution in [1.29, 1.82) is 5.26 Å². The third-order valence-electron chi connectivity index (χ3n) is 6.40. The molecule has 0 aliphatic carbocycles. The molecule has 1 aromatic rings. The predicted molar refractivity (Wildman–Crippen MR) is 187 cm³/mol. The Bertz CT molecular complexity index is 1340. The number of halogens is 1. The van der Waals surface area contributed by atoms with Gasteiger partial charge in [-0.2, -0.15) is 5.26 Å². The first-order valence-electron chi connectivity index (χ1n) is 16.4. The van der Waals surface area contributed by atoms with Crippen molar-refractivity contribution in [3.8, 4) is 6.07 Å². The topological polar surface area (TPSA) is 206 Å². The minimum absolute atomic E-state index is 0. The van der Waals surface area contributed by atoms with E-state index in [0.29, 0.717) is 37.0 Å². The summed E-state index contributed by atoms with van der Waals surface area (Å²) in [5.74, 6) is -0.670. The van der Waals surface area contributed by atoms with Crippen molar-refractivity contribution in [3.05, 3.63) is 35.4 Å². The van der Waals surface area contributed by atoms with Crippen LogP contribution in [-0.2, 0) is 38.6 Å². The molecule has 0 spiro atoms. The molecule has 0 aromatic heterocycles. The number of ether oxygens (including phenoxy) is 5. The summed E-state index contributed by atoms with van der Waals surface area (Å²) in [6, 6.07) is 8.67. The van der Waals surface area contributed by atoms with Crippen molar-refractivity contribution in [3.63, 3.8) is 0 Å². The molecule has 2 N–H and O–H groups in total. The Kier molecular flexibility index (Phi) is 26.5. The van der Waals surface area contributed by atoms with E-state index in [4.69, 9.17) is 35.3 Å². The van der Waals surface area contributed by atoms with Crippen LogP contribution in [0.3, 0.4) is 0 Å². The van der Waals surface area contributed by atoms with Gasteiger partial charge in [-0.25, -0.2) is 22.8 Å². The summed E-state index contributed by atoms with van der Waals surface area (Å²) >= 11 is 5.66. The van der Waals surface area contributed by atoms with Crippen LogP contribution < -0.4 is 45.1 Å². The fourth-order valence-corrected chi connectivity index (χ4v) is 4.71. The van der Waals surface area contributed by atoms with Crippen molar-refractivity contribution >= 4 is 51.6 Å². The zero-order valence-electron chi connectivity index (χ0n) is 30.1. The molecular weight excluding hydrogens is 719 g/mol. The SMILES string of the molecule is CC(C)(C)OC(=O)/C(C#N)=C/c1ccc(N(CCOC(=O)NCCCS(=O)(=O)[O-])CCOC(=O)NCCOCCOCCCCCCCl)cc1.[Na+]. The second kappa shape index (κ2) is 28.0. The van der Waals surface area contributed by atoms with Crippen LogP contribution in [0.15, 0.2) is 29.8 Å². The van der Waals surface area contributed by atoms with Crippen molar-refractivity contribution in [2.45, 2.75) is 58.5 Å². The number of esters is 1. The monoisotopic (exact) mass is 768 g/mol. The van der Waals surface area contributed by atoms with Gasteiger partial charge in [-0.1, -0.05) is 25.0 Å². The predicted octanol–water partition coefficient (Wildman–Crippen LogP) is 0.966. The summed E-state index contributed by atoms with van der Waals surface area (Å²) in [7, 11) is -4.38. The minimum Gasteiger partial charge on any atom is -0.748 e. The van der Waals surface area contributed by atoms with Gasteiger partial charge in [0.05, 0.1) is 43.0 Å². The van der Waals surface area contributed by atoms with E-state index >= 15 is 0 Å². The Balaban J connectivity index is 0.0000250. The van der Waals surface area contributed by atoms with E-state index in [1.807, 2.05) is 6.07 Å². The molecule has 0 saturated carbocycles. The molecule has 1 aromatic carbocycles. The molecule has 1 rings (SSSR count). The van der Waals surface area contributed by atoms with Crippen molar-refractivity contribution < 1.29 is 80.6 Å². The Hall–Kier alpha value is -2.62. The van der Waals surface area contributed by atoms with E-state index in [-0.39, 0.29) is 87.6 Å². The molecule has 282 valence electrons. The van der Waals surface area contributed by atoms with Gasteiger partial charge in [-0.3, -0.25) is 0 Å². The average molecular weight is 769 g/mol. The maximum atomic E-state index is 12.4. The number of alkyl halides is 1. The smallest absolute Gasteiger partial charge is 0.748 e. The minimum atomic E-state index is -4.38. The third kappa shape index (κ3) is 26.8. The summed E-state index contributed by atoms with van der Waals surface area (Å²) in [6.45, 7) is 7.44. The fourth-order valence-electron chi connectivity index (χ4n) is 4.03. The number of nitrogens with one attached hydrogen (secondary N) is 2. The van der Waals surface area contributed by atoms with Crippen LogP contribution in [0.1, 0.15) is 58.4 Å². The number of amides is 2. The summed E-state index contributed by atoms with van der Waals surface area (Å²) in [4.78, 5) is 38.4. The van der Waals surface area contributed by atoms with Crippen LogP contribution in [0.25, 0.3) is 6.08 Å². The molecule has 51 heavy (non-hydrogen) atoms. The number of benzene rings is 1. The molecule has 2 amide bonds. The van der Waals surface area contributed by atoms with Crippen molar-refractivity contribution in [1.82, 2.24) is 10.6 Å². The molecule has 0 heterocycles. The number of nitrogens with zero attached hydrogens (tertiary/aromatic N) is 2. The molecule has 0 aliphatic rings. The summed E-state index contributed by atoms with van der Waals surface area (Å²) in [5.41, 5.74) is 0.298. The van der Waals surface area contributed by atoms with E-state index in [0.717, 1.165) is 25.7 Å². The van der Waals surface area contributed by atoms with Gasteiger partial charge >= 0.3 is 47.7 Å². The molecule has 0 atom stereocenters. The van der Waals surface area contributed by atoms with E-state index in [2.05, 4.69) is 10.6 Å². The van der Waals surface area contributed by atoms with Crippen LogP contribution >= 0.6 is 11.6 Å². The van der Waals surface area contributed by atoms with E-state index in [9.17, 15) is 32.6 Å². The van der Waals surface area contributed by atoms with Gasteiger partial charge in [0.1, 0.15) is 30.5 Å². The van der Waals surface area contributed by atoms with Gasteiger partial charge in [0.25, 0.3) is 0 Å². The van der Waals surface area contributed by atoms with Crippen LogP contribution in [0.5, 0.6) is 0 Å². The molecule has 0 fully saturated rings. The Labute approximate surface area is 328 Å². The Morgan fingerprint density at radius 3 is 1.98 bits per heavy atom. The van der Waals surface area contributed by atoms with Gasteiger partial charge < -0.3 is 43.8 Å². The number of unbranched alkanes of at least 4 members (excludes halogenated alkanes) is 3. The average Bonchev–Trinajstić information content (AvgIpc) is 3.04. The normalized spacial score (nSPS) is 11.5. The summed E-state index contributed by atoms with van der Waals surface area (Å²) < 4.78 is 58.9. The Morgan fingerprint density at radius 2 is 1.43 bits per heavy atom. The number of alkyl carbamates (subject to hydrolysis) is 2. The Morgan fingerprint density at radius 1 is 0.863 bits per heavy atom. The van der Waals surface area contributed by atoms with E-state index in [1.165, 1.54) is 6.08 Å². The van der Waals surface area contributed by atoms with Crippen LogP contribution in [0.2, 0.25) is 0 Å². The quantitative estimate of drug-likeness (QED) is 0.0208. The second-order valence-corrected chi connectivity index (χ2v) is 13.7. The molecule has 15 nitrogen and oxygen atoms in total. The molecular formula is C33H50ClN4NaO11S.